The molecule has 1 aromatic carbocycles. The van der Waals surface area contributed by atoms with E-state index in [2.05, 4.69) is 48.1 Å². The number of likely N-dealkylation sites (tertiary alicyclic amines) is 1. The molecule has 1 saturated heterocycles. The fraction of sp³-hybridized carbons (Fsp3) is 0.609. The zero-order chi connectivity index (χ0) is 21.7. The van der Waals surface area contributed by atoms with E-state index in [0.717, 1.165) is 37.2 Å². The Morgan fingerprint density at radius 3 is 2.37 bits per heavy atom. The van der Waals surface area contributed by atoms with E-state index >= 15 is 0 Å². The Labute approximate surface area is 179 Å². The number of amides is 1. The summed E-state index contributed by atoms with van der Waals surface area (Å²) in [5.74, 6) is 3.12. The number of piperidine rings is 1. The number of nitrogens with zero attached hydrogens (tertiary/aromatic N) is 3. The third-order valence-electron chi connectivity index (χ3n) is 5.88. The summed E-state index contributed by atoms with van der Waals surface area (Å²) < 4.78 is 10.6. The molecule has 164 valence electrons. The van der Waals surface area contributed by atoms with Gasteiger partial charge >= 0.3 is 0 Å². The molecule has 7 nitrogen and oxygen atoms in total. The highest BCUT2D eigenvalue weighted by Crippen LogP contribution is 2.23. The second-order valence-electron chi connectivity index (χ2n) is 8.81. The van der Waals surface area contributed by atoms with Gasteiger partial charge in [-0.3, -0.25) is 9.69 Å². The zero-order valence-corrected chi connectivity index (χ0v) is 18.7. The lowest BCUT2D eigenvalue weighted by atomic mass is 9.90. The maximum atomic E-state index is 12.7. The number of hydrogen-bond acceptors (Lipinski definition) is 6. The topological polar surface area (TPSA) is 80.5 Å². The van der Waals surface area contributed by atoms with Gasteiger partial charge in [-0.15, -0.1) is 0 Å². The van der Waals surface area contributed by atoms with Gasteiger partial charge in [0.1, 0.15) is 5.75 Å². The smallest absolute Gasteiger partial charge is 0.241 e. The first-order chi connectivity index (χ1) is 14.4. The molecular formula is C23H34N4O3. The zero-order valence-electron chi connectivity index (χ0n) is 18.7. The molecule has 3 rings (SSSR count). The Balaban J connectivity index is 1.50. The van der Waals surface area contributed by atoms with Crippen molar-refractivity contribution in [1.82, 2.24) is 20.4 Å². The van der Waals surface area contributed by atoms with Crippen molar-refractivity contribution in [2.45, 2.75) is 53.1 Å². The minimum absolute atomic E-state index is 0.0822. The lowest BCUT2D eigenvalue weighted by Gasteiger charge is -2.33. The monoisotopic (exact) mass is 414 g/mol. The van der Waals surface area contributed by atoms with Crippen LogP contribution in [0.2, 0.25) is 0 Å². The maximum Gasteiger partial charge on any atom is 0.241 e. The summed E-state index contributed by atoms with van der Waals surface area (Å²) in [5, 5.41) is 7.37. The normalized spacial score (nSPS) is 15.9. The summed E-state index contributed by atoms with van der Waals surface area (Å²) in [6.07, 6.45) is 1.71. The van der Waals surface area contributed by atoms with Gasteiger partial charge in [0.05, 0.1) is 13.7 Å². The van der Waals surface area contributed by atoms with Gasteiger partial charge in [-0.1, -0.05) is 32.9 Å². The number of rotatable bonds is 8. The summed E-state index contributed by atoms with van der Waals surface area (Å²) in [7, 11) is 1.64. The third-order valence-corrected chi connectivity index (χ3v) is 5.88. The molecule has 0 bridgehead atoms. The fourth-order valence-electron chi connectivity index (χ4n) is 4.11. The molecule has 2 heterocycles. The van der Waals surface area contributed by atoms with E-state index in [1.807, 2.05) is 24.3 Å². The average molecular weight is 415 g/mol. The number of nitrogens with one attached hydrogen (secondary N) is 1. The van der Waals surface area contributed by atoms with Gasteiger partial charge in [-0.25, -0.2) is 0 Å². The van der Waals surface area contributed by atoms with Crippen molar-refractivity contribution in [2.75, 3.05) is 20.2 Å². The minimum atomic E-state index is 0.0822. The van der Waals surface area contributed by atoms with Gasteiger partial charge in [-0.2, -0.15) is 4.98 Å². The van der Waals surface area contributed by atoms with Gasteiger partial charge in [0.15, 0.2) is 0 Å². The van der Waals surface area contributed by atoms with Gasteiger partial charge in [0.2, 0.25) is 17.6 Å². The molecule has 1 fully saturated rings. The number of hydrogen-bond donors (Lipinski definition) is 1. The second kappa shape index (κ2) is 10.1. The van der Waals surface area contributed by atoms with Crippen LogP contribution in [-0.2, 0) is 11.3 Å². The molecule has 2 aromatic rings. The van der Waals surface area contributed by atoms with Gasteiger partial charge < -0.3 is 14.6 Å². The van der Waals surface area contributed by atoms with Crippen LogP contribution < -0.4 is 10.1 Å². The Morgan fingerprint density at radius 2 is 1.80 bits per heavy atom. The van der Waals surface area contributed by atoms with Crippen LogP contribution in [0.3, 0.4) is 0 Å². The van der Waals surface area contributed by atoms with E-state index < -0.39 is 0 Å². The number of carbonyl (C=O) groups excluding carboxylic acids is 1. The predicted octanol–water partition coefficient (Wildman–Crippen LogP) is 3.75. The van der Waals surface area contributed by atoms with Crippen LogP contribution in [0.4, 0.5) is 0 Å². The van der Waals surface area contributed by atoms with Crippen molar-refractivity contribution in [3.8, 4) is 17.1 Å². The molecule has 30 heavy (non-hydrogen) atoms. The van der Waals surface area contributed by atoms with Gasteiger partial charge in [-0.05, 0) is 62.0 Å². The molecule has 0 radical (unpaired) electrons. The summed E-state index contributed by atoms with van der Waals surface area (Å²) in [6, 6.07) is 7.82. The van der Waals surface area contributed by atoms with Crippen molar-refractivity contribution >= 4 is 5.91 Å². The van der Waals surface area contributed by atoms with Crippen molar-refractivity contribution in [3.05, 3.63) is 30.2 Å². The second-order valence-corrected chi connectivity index (χ2v) is 8.81. The number of methoxy groups -OCH3 is 1. The number of carbonyl (C=O) groups is 1. The Bertz CT molecular complexity index is 800. The van der Waals surface area contributed by atoms with E-state index in [9.17, 15) is 4.79 Å². The first kappa shape index (κ1) is 22.3. The molecule has 1 aromatic heterocycles. The minimum Gasteiger partial charge on any atom is -0.497 e. The maximum absolute atomic E-state index is 12.7. The van der Waals surface area contributed by atoms with E-state index in [0.29, 0.717) is 30.1 Å². The largest absolute Gasteiger partial charge is 0.497 e. The molecule has 1 aliphatic rings. The Hall–Kier alpha value is -2.41. The molecule has 7 heteroatoms. The first-order valence-corrected chi connectivity index (χ1v) is 10.9. The van der Waals surface area contributed by atoms with Crippen molar-refractivity contribution in [1.29, 1.82) is 0 Å². The molecule has 0 aliphatic carbocycles. The molecule has 1 aliphatic heterocycles. The van der Waals surface area contributed by atoms with Crippen LogP contribution in [0.15, 0.2) is 28.8 Å². The number of ether oxygens (including phenoxy) is 1. The Morgan fingerprint density at radius 1 is 1.17 bits per heavy atom. The van der Waals surface area contributed by atoms with Crippen LogP contribution in [0.25, 0.3) is 11.4 Å². The highest BCUT2D eigenvalue weighted by atomic mass is 16.5. The predicted molar refractivity (Wildman–Crippen MR) is 116 cm³/mol. The van der Waals surface area contributed by atoms with E-state index in [1.54, 1.807) is 7.11 Å². The summed E-state index contributed by atoms with van der Waals surface area (Å²) >= 11 is 0. The van der Waals surface area contributed by atoms with Gasteiger partial charge in [0, 0.05) is 17.5 Å². The lowest BCUT2D eigenvalue weighted by molar-refractivity contribution is -0.127. The standard InChI is InChI=1S/C23H34N4O3/c1-15(2)21(16(3)4)25-23(28)18-10-12-27(13-11-18)14-20-24-22(26-30-20)17-6-8-19(29-5)9-7-17/h6-9,15-16,18,21H,10-14H2,1-5H3,(H,25,28). The van der Waals surface area contributed by atoms with Crippen LogP contribution >= 0.6 is 0 Å². The van der Waals surface area contributed by atoms with Crippen molar-refractivity contribution < 1.29 is 14.1 Å². The Kier molecular flexibility index (Phi) is 7.48. The molecule has 0 unspecified atom stereocenters. The van der Waals surface area contributed by atoms with E-state index in [4.69, 9.17) is 9.26 Å². The average Bonchev–Trinajstić information content (AvgIpc) is 3.20. The van der Waals surface area contributed by atoms with Crippen LogP contribution in [0, 0.1) is 17.8 Å². The fourth-order valence-corrected chi connectivity index (χ4v) is 4.11. The van der Waals surface area contributed by atoms with Crippen LogP contribution in [0.1, 0.15) is 46.4 Å². The van der Waals surface area contributed by atoms with E-state index in [1.165, 1.54) is 0 Å². The summed E-state index contributed by atoms with van der Waals surface area (Å²) in [6.45, 7) is 11.0. The van der Waals surface area contributed by atoms with Crippen LogP contribution in [0.5, 0.6) is 5.75 Å². The third kappa shape index (κ3) is 5.59. The molecule has 0 saturated carbocycles. The molecule has 1 N–H and O–H groups in total. The van der Waals surface area contributed by atoms with Crippen molar-refractivity contribution in [3.63, 3.8) is 0 Å². The molecule has 1 amide bonds. The molecular weight excluding hydrogens is 380 g/mol. The quantitative estimate of drug-likeness (QED) is 0.708. The number of aromatic nitrogens is 2. The summed E-state index contributed by atoms with van der Waals surface area (Å²) in [4.78, 5) is 19.5. The highest BCUT2D eigenvalue weighted by molar-refractivity contribution is 5.79. The summed E-state index contributed by atoms with van der Waals surface area (Å²) in [5.41, 5.74) is 0.894. The van der Waals surface area contributed by atoms with Crippen LogP contribution in [-0.4, -0.2) is 47.2 Å². The highest BCUT2D eigenvalue weighted by Gasteiger charge is 2.29. The number of benzene rings is 1. The molecule has 0 atom stereocenters. The molecule has 0 spiro atoms. The SMILES string of the molecule is COc1ccc(-c2noc(CN3CCC(C(=O)NC(C(C)C)C(C)C)CC3)n2)cc1. The lowest BCUT2D eigenvalue weighted by Crippen LogP contribution is -2.47. The first-order valence-electron chi connectivity index (χ1n) is 10.9. The van der Waals surface area contributed by atoms with Gasteiger partial charge in [0.25, 0.3) is 0 Å². The van der Waals surface area contributed by atoms with E-state index in [-0.39, 0.29) is 17.9 Å². The van der Waals surface area contributed by atoms with Crippen molar-refractivity contribution in [2.24, 2.45) is 17.8 Å².